The molecule has 0 radical (unpaired) electrons. The highest BCUT2D eigenvalue weighted by molar-refractivity contribution is 6.17. The summed E-state index contributed by atoms with van der Waals surface area (Å²) >= 11 is 5.43. The highest BCUT2D eigenvalue weighted by Crippen LogP contribution is 2.17. The van der Waals surface area contributed by atoms with E-state index in [1.165, 1.54) is 12.1 Å². The van der Waals surface area contributed by atoms with Crippen LogP contribution in [0.4, 0.5) is 14.5 Å². The number of anilines is 1. The molecule has 0 aromatic heterocycles. The summed E-state index contributed by atoms with van der Waals surface area (Å²) in [4.78, 5) is 0. The van der Waals surface area contributed by atoms with Gasteiger partial charge in [-0.05, 0) is 12.5 Å². The van der Waals surface area contributed by atoms with Crippen molar-refractivity contribution in [2.24, 2.45) is 0 Å². The number of hydrogen-bond donors (Lipinski definition) is 1. The maximum absolute atomic E-state index is 13.1. The molecule has 1 aromatic carbocycles. The summed E-state index contributed by atoms with van der Waals surface area (Å²) in [7, 11) is 0. The lowest BCUT2D eigenvalue weighted by atomic mass is 10.1. The third kappa shape index (κ3) is 2.70. The molecule has 0 heterocycles. The zero-order chi connectivity index (χ0) is 10.6. The van der Waals surface area contributed by atoms with Crippen LogP contribution in [0.25, 0.3) is 6.08 Å². The Balaban J connectivity index is 2.92. The number of allylic oxidation sites excluding steroid dienone is 1. The SMILES string of the molecule is Nc1cc(C=CCCCl)c(F)cc1F. The first-order valence-electron chi connectivity index (χ1n) is 4.12. The van der Waals surface area contributed by atoms with E-state index in [0.717, 1.165) is 6.07 Å². The van der Waals surface area contributed by atoms with Crippen molar-refractivity contribution in [3.8, 4) is 0 Å². The minimum atomic E-state index is -0.739. The van der Waals surface area contributed by atoms with Gasteiger partial charge in [0, 0.05) is 17.5 Å². The number of nitrogen functional groups attached to an aromatic ring is 1. The Bertz CT molecular complexity index is 350. The predicted molar refractivity (Wildman–Crippen MR) is 55.1 cm³/mol. The highest BCUT2D eigenvalue weighted by Gasteiger charge is 2.04. The minimum Gasteiger partial charge on any atom is -0.396 e. The third-order valence-electron chi connectivity index (χ3n) is 1.69. The van der Waals surface area contributed by atoms with Gasteiger partial charge in [-0.3, -0.25) is 0 Å². The molecule has 0 aliphatic rings. The fourth-order valence-electron chi connectivity index (χ4n) is 0.984. The molecule has 0 bridgehead atoms. The molecule has 2 N–H and O–H groups in total. The molecule has 0 aliphatic heterocycles. The first-order chi connectivity index (χ1) is 6.65. The van der Waals surface area contributed by atoms with Crippen molar-refractivity contribution >= 4 is 23.4 Å². The van der Waals surface area contributed by atoms with E-state index in [0.29, 0.717) is 12.3 Å². The van der Waals surface area contributed by atoms with Gasteiger partial charge in [-0.2, -0.15) is 0 Å². The molecule has 0 unspecified atom stereocenters. The zero-order valence-electron chi connectivity index (χ0n) is 7.43. The number of rotatable bonds is 3. The summed E-state index contributed by atoms with van der Waals surface area (Å²) in [5.74, 6) is -0.895. The Morgan fingerprint density at radius 1 is 1.29 bits per heavy atom. The van der Waals surface area contributed by atoms with Crippen LogP contribution in [-0.4, -0.2) is 5.88 Å². The molecule has 0 saturated heterocycles. The number of halogens is 3. The Labute approximate surface area is 86.2 Å². The standard InChI is InChI=1S/C10H10ClF2N/c11-4-2-1-3-7-5-10(14)9(13)6-8(7)12/h1,3,5-6H,2,4,14H2. The smallest absolute Gasteiger partial charge is 0.149 e. The van der Waals surface area contributed by atoms with Crippen molar-refractivity contribution in [3.63, 3.8) is 0 Å². The predicted octanol–water partition coefficient (Wildman–Crippen LogP) is 3.19. The molecule has 0 fully saturated rings. The molecule has 1 rings (SSSR count). The number of benzene rings is 1. The van der Waals surface area contributed by atoms with Gasteiger partial charge in [0.1, 0.15) is 11.6 Å². The molecule has 76 valence electrons. The van der Waals surface area contributed by atoms with Gasteiger partial charge in [0.15, 0.2) is 0 Å². The fourth-order valence-corrected chi connectivity index (χ4v) is 1.11. The lowest BCUT2D eigenvalue weighted by Crippen LogP contribution is -1.93. The first-order valence-corrected chi connectivity index (χ1v) is 4.65. The number of hydrogen-bond acceptors (Lipinski definition) is 1. The quantitative estimate of drug-likeness (QED) is 0.611. The lowest BCUT2D eigenvalue weighted by molar-refractivity contribution is 0.584. The Morgan fingerprint density at radius 3 is 2.64 bits per heavy atom. The van der Waals surface area contributed by atoms with Gasteiger partial charge >= 0.3 is 0 Å². The van der Waals surface area contributed by atoms with Crippen LogP contribution >= 0.6 is 11.6 Å². The van der Waals surface area contributed by atoms with Gasteiger partial charge in [-0.15, -0.1) is 11.6 Å². The van der Waals surface area contributed by atoms with Gasteiger partial charge < -0.3 is 5.73 Å². The fraction of sp³-hybridized carbons (Fsp3) is 0.200. The Kier molecular flexibility index (Phi) is 3.89. The van der Waals surface area contributed by atoms with E-state index >= 15 is 0 Å². The molecule has 0 aliphatic carbocycles. The van der Waals surface area contributed by atoms with Crippen LogP contribution in [0.1, 0.15) is 12.0 Å². The van der Waals surface area contributed by atoms with E-state index in [-0.39, 0.29) is 11.3 Å². The van der Waals surface area contributed by atoms with Crippen molar-refractivity contribution in [1.29, 1.82) is 0 Å². The van der Waals surface area contributed by atoms with E-state index in [2.05, 4.69) is 0 Å². The van der Waals surface area contributed by atoms with Crippen LogP contribution in [0.5, 0.6) is 0 Å². The normalized spacial score (nSPS) is 11.1. The van der Waals surface area contributed by atoms with E-state index in [4.69, 9.17) is 17.3 Å². The van der Waals surface area contributed by atoms with Crippen molar-refractivity contribution in [2.75, 3.05) is 11.6 Å². The summed E-state index contributed by atoms with van der Waals surface area (Å²) < 4.78 is 25.8. The summed E-state index contributed by atoms with van der Waals surface area (Å²) in [6.45, 7) is 0. The van der Waals surface area contributed by atoms with Crippen molar-refractivity contribution < 1.29 is 8.78 Å². The maximum Gasteiger partial charge on any atom is 0.149 e. The second kappa shape index (κ2) is 4.96. The summed E-state index contributed by atoms with van der Waals surface area (Å²) in [5.41, 5.74) is 5.51. The summed E-state index contributed by atoms with van der Waals surface area (Å²) in [6.07, 6.45) is 3.88. The van der Waals surface area contributed by atoms with Gasteiger partial charge in [0.2, 0.25) is 0 Å². The van der Waals surface area contributed by atoms with Crippen LogP contribution in [-0.2, 0) is 0 Å². The number of nitrogens with two attached hydrogens (primary N) is 1. The third-order valence-corrected chi connectivity index (χ3v) is 1.91. The monoisotopic (exact) mass is 217 g/mol. The highest BCUT2D eigenvalue weighted by atomic mass is 35.5. The molecular formula is C10H10ClF2N. The molecule has 0 spiro atoms. The van der Waals surface area contributed by atoms with Gasteiger partial charge in [0.25, 0.3) is 0 Å². The topological polar surface area (TPSA) is 26.0 Å². The molecular weight excluding hydrogens is 208 g/mol. The summed E-state index contributed by atoms with van der Waals surface area (Å²) in [6, 6.07) is 2.03. The van der Waals surface area contributed by atoms with Crippen molar-refractivity contribution in [1.82, 2.24) is 0 Å². The van der Waals surface area contributed by atoms with Gasteiger partial charge in [-0.1, -0.05) is 12.2 Å². The molecule has 0 amide bonds. The van der Waals surface area contributed by atoms with Gasteiger partial charge in [0.05, 0.1) is 5.69 Å². The Hall–Kier alpha value is -1.09. The second-order valence-corrected chi connectivity index (χ2v) is 3.15. The van der Waals surface area contributed by atoms with Crippen LogP contribution in [0.15, 0.2) is 18.2 Å². The maximum atomic E-state index is 13.1. The molecule has 1 nitrogen and oxygen atoms in total. The largest absolute Gasteiger partial charge is 0.396 e. The van der Waals surface area contributed by atoms with Crippen molar-refractivity contribution in [3.05, 3.63) is 35.4 Å². The zero-order valence-corrected chi connectivity index (χ0v) is 8.19. The van der Waals surface area contributed by atoms with E-state index < -0.39 is 11.6 Å². The van der Waals surface area contributed by atoms with Crippen LogP contribution in [0.2, 0.25) is 0 Å². The minimum absolute atomic E-state index is 0.0584. The van der Waals surface area contributed by atoms with E-state index in [1.807, 2.05) is 0 Å². The molecule has 0 saturated carbocycles. The average Bonchev–Trinajstić information content (AvgIpc) is 2.14. The first kappa shape index (κ1) is 11.0. The van der Waals surface area contributed by atoms with E-state index in [1.54, 1.807) is 6.08 Å². The van der Waals surface area contributed by atoms with Crippen LogP contribution in [0, 0.1) is 11.6 Å². The molecule has 0 atom stereocenters. The van der Waals surface area contributed by atoms with Crippen molar-refractivity contribution in [2.45, 2.75) is 6.42 Å². The number of alkyl halides is 1. The molecule has 1 aromatic rings. The molecule has 14 heavy (non-hydrogen) atoms. The Morgan fingerprint density at radius 2 is 2.00 bits per heavy atom. The van der Waals surface area contributed by atoms with Gasteiger partial charge in [-0.25, -0.2) is 8.78 Å². The summed E-state index contributed by atoms with van der Waals surface area (Å²) in [5, 5.41) is 0. The van der Waals surface area contributed by atoms with Crippen LogP contribution < -0.4 is 5.73 Å². The second-order valence-electron chi connectivity index (χ2n) is 2.78. The van der Waals surface area contributed by atoms with E-state index in [9.17, 15) is 8.78 Å². The van der Waals surface area contributed by atoms with Crippen LogP contribution in [0.3, 0.4) is 0 Å². The average molecular weight is 218 g/mol. The lowest BCUT2D eigenvalue weighted by Gasteiger charge is -2.00. The molecule has 4 heteroatoms.